The van der Waals surface area contributed by atoms with Crippen LogP contribution in [0.1, 0.15) is 27.7 Å². The Kier molecular flexibility index (Phi) is 5.81. The maximum atomic E-state index is 13.0. The Morgan fingerprint density at radius 1 is 1.06 bits per heavy atom. The first-order valence-electron chi connectivity index (χ1n) is 6.73. The zero-order chi connectivity index (χ0) is 13.9. The molecule has 0 aliphatic carbocycles. The van der Waals surface area contributed by atoms with Gasteiger partial charge in [-0.3, -0.25) is 9.46 Å². The summed E-state index contributed by atoms with van der Waals surface area (Å²) in [7, 11) is 0.823. The molecule has 5 nitrogen and oxygen atoms in total. The molecule has 0 aromatic rings. The van der Waals surface area contributed by atoms with Gasteiger partial charge in [-0.25, -0.2) is 9.34 Å². The standard InChI is InChI=1S/C12H28N3O2P/c1-11(2)14-7-9-15(10-8-14)18(16,13(5)6)17-12(3)4/h11-12H,7-10H2,1-6H3. The van der Waals surface area contributed by atoms with E-state index in [1.54, 1.807) is 4.67 Å². The lowest BCUT2D eigenvalue weighted by molar-refractivity contribution is 0.119. The summed E-state index contributed by atoms with van der Waals surface area (Å²) in [6, 6.07) is 0.553. The van der Waals surface area contributed by atoms with Crippen molar-refractivity contribution in [1.82, 2.24) is 14.2 Å². The molecule has 0 aromatic carbocycles. The van der Waals surface area contributed by atoms with Gasteiger partial charge in [0, 0.05) is 32.2 Å². The fourth-order valence-corrected chi connectivity index (χ4v) is 4.23. The van der Waals surface area contributed by atoms with Crippen LogP contribution in [-0.2, 0) is 9.09 Å². The van der Waals surface area contributed by atoms with E-state index in [0.717, 1.165) is 26.2 Å². The highest BCUT2D eigenvalue weighted by molar-refractivity contribution is 7.53. The van der Waals surface area contributed by atoms with Crippen LogP contribution in [-0.4, -0.2) is 66.7 Å². The molecule has 6 heteroatoms. The smallest absolute Gasteiger partial charge is 0.303 e. The van der Waals surface area contributed by atoms with Crippen LogP contribution in [0.15, 0.2) is 0 Å². The highest BCUT2D eigenvalue weighted by Gasteiger charge is 2.37. The predicted molar refractivity (Wildman–Crippen MR) is 75.8 cm³/mol. The summed E-state index contributed by atoms with van der Waals surface area (Å²) in [6.07, 6.45) is -0.0265. The molecule has 0 bridgehead atoms. The van der Waals surface area contributed by atoms with Crippen molar-refractivity contribution in [3.05, 3.63) is 0 Å². The van der Waals surface area contributed by atoms with E-state index in [4.69, 9.17) is 4.52 Å². The lowest BCUT2D eigenvalue weighted by Gasteiger charge is -2.42. The molecule has 1 unspecified atom stereocenters. The normalized spacial score (nSPS) is 22.9. The van der Waals surface area contributed by atoms with E-state index in [2.05, 4.69) is 18.7 Å². The van der Waals surface area contributed by atoms with Crippen LogP contribution in [0.3, 0.4) is 0 Å². The van der Waals surface area contributed by atoms with E-state index >= 15 is 0 Å². The van der Waals surface area contributed by atoms with Gasteiger partial charge in [-0.05, 0) is 41.8 Å². The molecular formula is C12H28N3O2P. The molecule has 1 heterocycles. The molecule has 0 saturated carbocycles. The van der Waals surface area contributed by atoms with Crippen molar-refractivity contribution >= 4 is 7.67 Å². The maximum absolute atomic E-state index is 13.0. The quantitative estimate of drug-likeness (QED) is 0.719. The Hall–Kier alpha value is 0.0700. The van der Waals surface area contributed by atoms with Gasteiger partial charge >= 0.3 is 7.67 Å². The van der Waals surface area contributed by atoms with Crippen LogP contribution in [0.5, 0.6) is 0 Å². The van der Waals surface area contributed by atoms with E-state index in [9.17, 15) is 4.57 Å². The first kappa shape index (κ1) is 16.1. The van der Waals surface area contributed by atoms with Crippen LogP contribution in [0.2, 0.25) is 0 Å². The van der Waals surface area contributed by atoms with Crippen molar-refractivity contribution < 1.29 is 9.09 Å². The van der Waals surface area contributed by atoms with Gasteiger partial charge in [0.05, 0.1) is 6.10 Å². The highest BCUT2D eigenvalue weighted by atomic mass is 31.2. The summed E-state index contributed by atoms with van der Waals surface area (Å²) < 4.78 is 22.4. The molecule has 1 saturated heterocycles. The maximum Gasteiger partial charge on any atom is 0.345 e. The Morgan fingerprint density at radius 3 is 1.89 bits per heavy atom. The molecule has 1 rings (SSSR count). The molecular weight excluding hydrogens is 249 g/mol. The first-order valence-corrected chi connectivity index (χ1v) is 8.26. The van der Waals surface area contributed by atoms with Gasteiger partial charge in [-0.15, -0.1) is 0 Å². The number of hydrogen-bond donors (Lipinski definition) is 0. The number of piperazine rings is 1. The van der Waals surface area contributed by atoms with Crippen molar-refractivity contribution in [3.63, 3.8) is 0 Å². The summed E-state index contributed by atoms with van der Waals surface area (Å²) in [5.74, 6) is 0. The number of nitrogens with zero attached hydrogens (tertiary/aromatic N) is 3. The van der Waals surface area contributed by atoms with Crippen molar-refractivity contribution in [1.29, 1.82) is 0 Å². The van der Waals surface area contributed by atoms with Gasteiger partial charge in [0.1, 0.15) is 0 Å². The van der Waals surface area contributed by atoms with Crippen molar-refractivity contribution in [2.24, 2.45) is 0 Å². The number of rotatable bonds is 5. The summed E-state index contributed by atoms with van der Waals surface area (Å²) >= 11 is 0. The lowest BCUT2D eigenvalue weighted by atomic mass is 10.3. The fraction of sp³-hybridized carbons (Fsp3) is 1.00. The Morgan fingerprint density at radius 2 is 1.56 bits per heavy atom. The average molecular weight is 277 g/mol. The largest absolute Gasteiger partial charge is 0.345 e. The molecule has 0 amide bonds. The van der Waals surface area contributed by atoms with E-state index in [1.807, 2.05) is 32.6 Å². The minimum atomic E-state index is -2.84. The lowest BCUT2D eigenvalue weighted by Crippen LogP contribution is -2.49. The van der Waals surface area contributed by atoms with Gasteiger partial charge in [0.15, 0.2) is 0 Å². The minimum Gasteiger partial charge on any atom is -0.303 e. The second-order valence-electron chi connectivity index (χ2n) is 5.58. The first-order chi connectivity index (χ1) is 8.27. The third-order valence-electron chi connectivity index (χ3n) is 3.23. The third kappa shape index (κ3) is 3.78. The van der Waals surface area contributed by atoms with Crippen LogP contribution >= 0.6 is 7.67 Å². The van der Waals surface area contributed by atoms with E-state index in [-0.39, 0.29) is 6.10 Å². The molecule has 108 valence electrons. The van der Waals surface area contributed by atoms with Crippen LogP contribution in [0.25, 0.3) is 0 Å². The molecule has 0 aromatic heterocycles. The zero-order valence-corrected chi connectivity index (χ0v) is 13.5. The van der Waals surface area contributed by atoms with E-state index < -0.39 is 7.67 Å². The van der Waals surface area contributed by atoms with Crippen LogP contribution < -0.4 is 0 Å². The summed E-state index contributed by atoms with van der Waals surface area (Å²) in [5.41, 5.74) is 0. The monoisotopic (exact) mass is 277 g/mol. The molecule has 0 radical (unpaired) electrons. The van der Waals surface area contributed by atoms with Gasteiger partial charge in [0.2, 0.25) is 0 Å². The van der Waals surface area contributed by atoms with Gasteiger partial charge in [0.25, 0.3) is 0 Å². The van der Waals surface area contributed by atoms with E-state index in [0.29, 0.717) is 6.04 Å². The zero-order valence-electron chi connectivity index (χ0n) is 12.6. The van der Waals surface area contributed by atoms with Crippen molar-refractivity contribution in [2.75, 3.05) is 40.3 Å². The summed E-state index contributed by atoms with van der Waals surface area (Å²) in [5, 5.41) is 0. The van der Waals surface area contributed by atoms with Gasteiger partial charge in [-0.1, -0.05) is 0 Å². The number of hydrogen-bond acceptors (Lipinski definition) is 3. The van der Waals surface area contributed by atoms with Crippen LogP contribution in [0.4, 0.5) is 0 Å². The molecule has 18 heavy (non-hydrogen) atoms. The Bertz CT molecular complexity index is 300. The fourth-order valence-electron chi connectivity index (χ4n) is 2.17. The van der Waals surface area contributed by atoms with Crippen molar-refractivity contribution in [3.8, 4) is 0 Å². The van der Waals surface area contributed by atoms with E-state index in [1.165, 1.54) is 0 Å². The molecule has 0 spiro atoms. The summed E-state index contributed by atoms with van der Waals surface area (Å²) in [6.45, 7) is 11.8. The average Bonchev–Trinajstić information content (AvgIpc) is 2.27. The molecule has 1 fully saturated rings. The molecule has 1 aliphatic rings. The molecule has 1 atom stereocenters. The van der Waals surface area contributed by atoms with Crippen molar-refractivity contribution in [2.45, 2.75) is 39.8 Å². The SMILES string of the molecule is CC(C)OP(=O)(N(C)C)N1CCN(C(C)C)CC1. The molecule has 1 aliphatic heterocycles. The topological polar surface area (TPSA) is 36.0 Å². The Balaban J connectivity index is 2.70. The summed E-state index contributed by atoms with van der Waals surface area (Å²) in [4.78, 5) is 2.41. The minimum absolute atomic E-state index is 0.0265. The third-order valence-corrected chi connectivity index (χ3v) is 6.05. The van der Waals surface area contributed by atoms with Gasteiger partial charge in [-0.2, -0.15) is 0 Å². The second-order valence-corrected chi connectivity index (χ2v) is 8.13. The predicted octanol–water partition coefficient (Wildman–Crippen LogP) is 2.11. The van der Waals surface area contributed by atoms with Gasteiger partial charge < -0.3 is 4.52 Å². The second kappa shape index (κ2) is 6.49. The highest BCUT2D eigenvalue weighted by Crippen LogP contribution is 2.53. The van der Waals surface area contributed by atoms with Crippen LogP contribution in [0, 0.1) is 0 Å². The Labute approximate surface area is 112 Å². The molecule has 0 N–H and O–H groups in total.